The Morgan fingerprint density at radius 3 is 1.59 bits per heavy atom. The van der Waals surface area contributed by atoms with Crippen LogP contribution in [0.2, 0.25) is 0 Å². The highest BCUT2D eigenvalue weighted by molar-refractivity contribution is 7.47. The zero-order chi connectivity index (χ0) is 43.7. The standard InChI is InChI=1S/C46H70NO11P/c1-3-5-7-9-11-12-13-14-15-16-17-18-19-20-24-28-32-36-44(49)55-38-42(39-56-59(53,54)57-40-43(47)46(51)52)58-45(50)37-33-29-25-22-21-23-27-31-35-41(48)34-30-26-10-8-6-4-2/h5-8,11-12,14-15,17-18,20,22-27,30-31,35,41-43,48H,3-4,9-10,13,16,19,21,28-29,32-34,36-40,47H2,1-2H3,(H,51,52)(H,53,54)/b7-5-,8-6-,12-11-,15-14-,18-17-,24-20-,25-22-,27-23-,30-26-,35-31+/t41?,42-,43+/m1/s1. The summed E-state index contributed by atoms with van der Waals surface area (Å²) in [5.41, 5.74) is 5.31. The van der Waals surface area contributed by atoms with Crippen LogP contribution in [0.1, 0.15) is 110 Å². The molecule has 4 atom stereocenters. The van der Waals surface area contributed by atoms with E-state index >= 15 is 0 Å². The summed E-state index contributed by atoms with van der Waals surface area (Å²) < 4.78 is 32.5. The van der Waals surface area contributed by atoms with E-state index in [1.807, 2.05) is 48.6 Å². The Labute approximate surface area is 352 Å². The number of nitrogens with two attached hydrogens (primary N) is 1. The number of carbonyl (C=O) groups excluding carboxylic acids is 2. The second kappa shape index (κ2) is 39.3. The van der Waals surface area contributed by atoms with Gasteiger partial charge in [-0.05, 0) is 83.5 Å². The van der Waals surface area contributed by atoms with Crippen molar-refractivity contribution in [1.29, 1.82) is 0 Å². The van der Waals surface area contributed by atoms with Gasteiger partial charge in [0.15, 0.2) is 6.10 Å². The molecule has 0 aromatic rings. The molecule has 0 rings (SSSR count). The van der Waals surface area contributed by atoms with Crippen molar-refractivity contribution < 1.29 is 52.6 Å². The summed E-state index contributed by atoms with van der Waals surface area (Å²) >= 11 is 0. The molecular formula is C46H70NO11P. The first-order chi connectivity index (χ1) is 28.5. The number of esters is 2. The van der Waals surface area contributed by atoms with Crippen LogP contribution in [0.4, 0.5) is 0 Å². The van der Waals surface area contributed by atoms with Crippen molar-refractivity contribution in [3.05, 3.63) is 122 Å². The molecule has 0 saturated heterocycles. The third-order valence-electron chi connectivity index (χ3n) is 7.79. The summed E-state index contributed by atoms with van der Waals surface area (Å²) in [6, 6.07) is -1.56. The van der Waals surface area contributed by atoms with Crippen LogP contribution in [0, 0.1) is 0 Å². The fraction of sp³-hybridized carbons (Fsp3) is 0.500. The number of phosphoric ester groups is 1. The lowest BCUT2D eigenvalue weighted by atomic mass is 10.2. The van der Waals surface area contributed by atoms with Crippen molar-refractivity contribution in [2.45, 2.75) is 128 Å². The molecule has 0 amide bonds. The molecule has 0 aliphatic rings. The van der Waals surface area contributed by atoms with Gasteiger partial charge in [-0.15, -0.1) is 0 Å². The van der Waals surface area contributed by atoms with Crippen molar-refractivity contribution in [2.24, 2.45) is 5.73 Å². The summed E-state index contributed by atoms with van der Waals surface area (Å²) in [5, 5.41) is 18.9. The quantitative estimate of drug-likeness (QED) is 0.0154. The van der Waals surface area contributed by atoms with Gasteiger partial charge in [0.25, 0.3) is 0 Å². The molecular weight excluding hydrogens is 773 g/mol. The van der Waals surface area contributed by atoms with Crippen molar-refractivity contribution in [3.63, 3.8) is 0 Å². The molecule has 12 nitrogen and oxygen atoms in total. The number of hydrogen-bond donors (Lipinski definition) is 4. The van der Waals surface area contributed by atoms with Gasteiger partial charge in [0.2, 0.25) is 0 Å². The minimum atomic E-state index is -4.77. The minimum absolute atomic E-state index is 0.0303. The number of phosphoric acid groups is 1. The highest BCUT2D eigenvalue weighted by atomic mass is 31.2. The van der Waals surface area contributed by atoms with Gasteiger partial charge < -0.3 is 30.3 Å². The largest absolute Gasteiger partial charge is 0.480 e. The number of unbranched alkanes of at least 4 members (excludes halogenated alkanes) is 2. The van der Waals surface area contributed by atoms with Crippen molar-refractivity contribution >= 4 is 25.7 Å². The average molecular weight is 844 g/mol. The number of ether oxygens (including phenoxy) is 2. The molecule has 2 unspecified atom stereocenters. The molecule has 0 aromatic heterocycles. The van der Waals surface area contributed by atoms with Crippen LogP contribution in [-0.2, 0) is 37.5 Å². The van der Waals surface area contributed by atoms with Gasteiger partial charge in [-0.1, -0.05) is 135 Å². The van der Waals surface area contributed by atoms with E-state index in [4.69, 9.17) is 24.8 Å². The number of carboxylic acids is 1. The zero-order valence-corrected chi connectivity index (χ0v) is 36.0. The first-order valence-electron chi connectivity index (χ1n) is 20.7. The lowest BCUT2D eigenvalue weighted by molar-refractivity contribution is -0.161. The Kier molecular flexibility index (Phi) is 36.5. The molecule has 0 spiro atoms. The van der Waals surface area contributed by atoms with Gasteiger partial charge >= 0.3 is 25.7 Å². The third-order valence-corrected chi connectivity index (χ3v) is 8.74. The number of carboxylic acid groups (broad SMARTS) is 1. The molecule has 0 aliphatic heterocycles. The first kappa shape index (κ1) is 54.8. The topological polar surface area (TPSA) is 192 Å². The maximum absolute atomic E-state index is 12.6. The number of hydrogen-bond acceptors (Lipinski definition) is 10. The number of aliphatic hydroxyl groups excluding tert-OH is 1. The highest BCUT2D eigenvalue weighted by Gasteiger charge is 2.28. The van der Waals surface area contributed by atoms with Crippen LogP contribution in [0.15, 0.2) is 122 Å². The van der Waals surface area contributed by atoms with E-state index in [1.54, 1.807) is 12.2 Å². The molecule has 0 radical (unpaired) electrons. The molecule has 0 aromatic carbocycles. The lowest BCUT2D eigenvalue weighted by Crippen LogP contribution is -2.34. The highest BCUT2D eigenvalue weighted by Crippen LogP contribution is 2.43. The fourth-order valence-corrected chi connectivity index (χ4v) is 5.35. The summed E-state index contributed by atoms with van der Waals surface area (Å²) in [6.07, 6.45) is 48.8. The Bertz CT molecular complexity index is 1470. The molecule has 0 bridgehead atoms. The fourth-order valence-electron chi connectivity index (χ4n) is 4.57. The maximum atomic E-state index is 12.6. The normalized spacial score (nSPS) is 15.5. The van der Waals surface area contributed by atoms with Crippen molar-refractivity contribution in [2.75, 3.05) is 19.8 Å². The third kappa shape index (κ3) is 39.1. The van der Waals surface area contributed by atoms with Gasteiger partial charge in [-0.3, -0.25) is 23.4 Å². The molecule has 0 aliphatic carbocycles. The van der Waals surface area contributed by atoms with Crippen LogP contribution in [0.3, 0.4) is 0 Å². The first-order valence-corrected chi connectivity index (χ1v) is 22.2. The van der Waals surface area contributed by atoms with Gasteiger partial charge in [0.1, 0.15) is 12.6 Å². The second-order valence-corrected chi connectivity index (χ2v) is 14.7. The number of aliphatic carboxylic acids is 1. The summed E-state index contributed by atoms with van der Waals surface area (Å²) in [4.78, 5) is 45.9. The Balaban J connectivity index is 4.68. The molecule has 0 fully saturated rings. The van der Waals surface area contributed by atoms with E-state index in [-0.39, 0.29) is 12.8 Å². The van der Waals surface area contributed by atoms with E-state index in [9.17, 15) is 28.9 Å². The predicted octanol–water partition coefficient (Wildman–Crippen LogP) is 9.80. The van der Waals surface area contributed by atoms with Gasteiger partial charge in [0.05, 0.1) is 19.3 Å². The number of aliphatic hydroxyl groups is 1. The zero-order valence-electron chi connectivity index (χ0n) is 35.1. The second-order valence-electron chi connectivity index (χ2n) is 13.2. The molecule has 0 heterocycles. The van der Waals surface area contributed by atoms with Crippen LogP contribution in [0.25, 0.3) is 0 Å². The monoisotopic (exact) mass is 843 g/mol. The minimum Gasteiger partial charge on any atom is -0.480 e. The van der Waals surface area contributed by atoms with Gasteiger partial charge in [-0.25, -0.2) is 4.57 Å². The lowest BCUT2D eigenvalue weighted by Gasteiger charge is -2.20. The van der Waals surface area contributed by atoms with E-state index in [0.29, 0.717) is 38.5 Å². The van der Waals surface area contributed by atoms with E-state index < -0.39 is 63.8 Å². The number of rotatable bonds is 36. The van der Waals surface area contributed by atoms with Crippen LogP contribution in [-0.4, -0.2) is 71.1 Å². The molecule has 330 valence electrons. The average Bonchev–Trinajstić information content (AvgIpc) is 3.21. The van der Waals surface area contributed by atoms with Crippen molar-refractivity contribution in [1.82, 2.24) is 0 Å². The van der Waals surface area contributed by atoms with Crippen molar-refractivity contribution in [3.8, 4) is 0 Å². The Morgan fingerprint density at radius 1 is 0.610 bits per heavy atom. The SMILES string of the molecule is CC/C=C\C/C=C\C/C=C\C/C=C\C/C=C\CCCC(=O)OC[C@H](COP(=O)(O)OC[C@H](N)C(=O)O)OC(=O)CCC/C=C\C/C=C\C=C\C(O)C/C=C\C/C=C\CC. The molecule has 13 heteroatoms. The van der Waals surface area contributed by atoms with E-state index in [0.717, 1.165) is 44.9 Å². The predicted molar refractivity (Wildman–Crippen MR) is 236 cm³/mol. The smallest absolute Gasteiger partial charge is 0.472 e. The summed E-state index contributed by atoms with van der Waals surface area (Å²) in [5.74, 6) is -2.60. The summed E-state index contributed by atoms with van der Waals surface area (Å²) in [6.45, 7) is 2.34. The molecule has 59 heavy (non-hydrogen) atoms. The van der Waals surface area contributed by atoms with Gasteiger partial charge in [-0.2, -0.15) is 0 Å². The summed E-state index contributed by atoms with van der Waals surface area (Å²) in [7, 11) is -4.77. The van der Waals surface area contributed by atoms with Crippen LogP contribution >= 0.6 is 7.82 Å². The number of allylic oxidation sites excluding steroid dienone is 18. The molecule has 0 saturated carbocycles. The maximum Gasteiger partial charge on any atom is 0.472 e. The number of carbonyl (C=O) groups is 3. The molecule has 5 N–H and O–H groups in total. The Morgan fingerprint density at radius 2 is 1.07 bits per heavy atom. The van der Waals surface area contributed by atoms with E-state index in [2.05, 4.69) is 79.1 Å². The van der Waals surface area contributed by atoms with Crippen LogP contribution in [0.5, 0.6) is 0 Å². The Hall–Kier alpha value is -4.16. The van der Waals surface area contributed by atoms with Gasteiger partial charge in [0, 0.05) is 12.8 Å². The van der Waals surface area contributed by atoms with E-state index in [1.165, 1.54) is 0 Å². The van der Waals surface area contributed by atoms with Crippen LogP contribution < -0.4 is 5.73 Å².